The van der Waals surface area contributed by atoms with E-state index in [-0.39, 0.29) is 24.5 Å². The van der Waals surface area contributed by atoms with Gasteiger partial charge in [0.1, 0.15) is 6.04 Å². The van der Waals surface area contributed by atoms with Crippen LogP contribution in [0.15, 0.2) is 42.6 Å². The molecular formula is C26H29ClN6O3. The van der Waals surface area contributed by atoms with Crippen LogP contribution in [-0.2, 0) is 11.3 Å². The van der Waals surface area contributed by atoms with Gasteiger partial charge >= 0.3 is 0 Å². The highest BCUT2D eigenvalue weighted by molar-refractivity contribution is 6.33. The molecule has 0 aliphatic carbocycles. The minimum atomic E-state index is -0.753. The average Bonchev–Trinajstić information content (AvgIpc) is 3.18. The maximum atomic E-state index is 13.3. The van der Waals surface area contributed by atoms with Crippen molar-refractivity contribution in [3.8, 4) is 11.3 Å². The number of aliphatic hydroxyl groups is 1. The van der Waals surface area contributed by atoms with Crippen molar-refractivity contribution >= 4 is 29.4 Å². The van der Waals surface area contributed by atoms with Crippen LogP contribution in [0.2, 0.25) is 5.02 Å². The number of rotatable bonds is 8. The molecular weight excluding hydrogens is 480 g/mol. The summed E-state index contributed by atoms with van der Waals surface area (Å²) < 4.78 is 0. The third-order valence-electron chi connectivity index (χ3n) is 5.99. The molecule has 0 radical (unpaired) electrons. The van der Waals surface area contributed by atoms with Gasteiger partial charge in [0.15, 0.2) is 0 Å². The van der Waals surface area contributed by atoms with Crippen LogP contribution < -0.4 is 10.6 Å². The number of aryl methyl sites for hydroxylation is 1. The van der Waals surface area contributed by atoms with Gasteiger partial charge in [-0.05, 0) is 51.5 Å². The molecule has 188 valence electrons. The lowest BCUT2D eigenvalue weighted by atomic mass is 10.0. The Morgan fingerprint density at radius 1 is 1.19 bits per heavy atom. The summed E-state index contributed by atoms with van der Waals surface area (Å²) in [6, 6.07) is 9.60. The zero-order chi connectivity index (χ0) is 26.0. The number of hydrogen-bond donors (Lipinski definition) is 3. The van der Waals surface area contributed by atoms with Gasteiger partial charge in [-0.25, -0.2) is 9.97 Å². The van der Waals surface area contributed by atoms with Gasteiger partial charge in [-0.15, -0.1) is 0 Å². The summed E-state index contributed by atoms with van der Waals surface area (Å²) in [5, 5.41) is 16.2. The Bertz CT molecular complexity index is 1300. The van der Waals surface area contributed by atoms with Crippen molar-refractivity contribution in [1.82, 2.24) is 25.2 Å². The van der Waals surface area contributed by atoms with Gasteiger partial charge in [0.05, 0.1) is 35.3 Å². The monoisotopic (exact) mass is 508 g/mol. The SMILES string of the molecule is Cc1cccc([C@@H](CO)NC(=O)[C@@H](C)N2Cc3ccc(-c4nc(NC(C)C)ncc4Cl)cc3C2=O)n1. The number of aliphatic hydroxyl groups excluding tert-OH is 1. The van der Waals surface area contributed by atoms with E-state index in [1.165, 1.54) is 11.1 Å². The maximum Gasteiger partial charge on any atom is 0.255 e. The van der Waals surface area contributed by atoms with Crippen LogP contribution in [0.25, 0.3) is 11.3 Å². The second kappa shape index (κ2) is 10.6. The first-order chi connectivity index (χ1) is 17.2. The Morgan fingerprint density at radius 3 is 2.67 bits per heavy atom. The number of carbonyl (C=O) groups is 2. The van der Waals surface area contributed by atoms with Gasteiger partial charge in [-0.1, -0.05) is 29.8 Å². The lowest BCUT2D eigenvalue weighted by Gasteiger charge is -2.25. The fourth-order valence-electron chi connectivity index (χ4n) is 4.09. The van der Waals surface area contributed by atoms with Crippen LogP contribution in [-0.4, -0.2) is 55.5 Å². The van der Waals surface area contributed by atoms with Crippen LogP contribution in [0.1, 0.15) is 54.1 Å². The molecule has 1 aromatic carbocycles. The molecule has 0 fully saturated rings. The Morgan fingerprint density at radius 2 is 1.97 bits per heavy atom. The molecule has 1 aliphatic heterocycles. The van der Waals surface area contributed by atoms with Crippen molar-refractivity contribution in [3.63, 3.8) is 0 Å². The second-order valence-electron chi connectivity index (χ2n) is 9.12. The molecule has 3 heterocycles. The highest BCUT2D eigenvalue weighted by Crippen LogP contribution is 2.32. The third-order valence-corrected chi connectivity index (χ3v) is 6.27. The quantitative estimate of drug-likeness (QED) is 0.425. The fraction of sp³-hybridized carbons (Fsp3) is 0.346. The molecule has 0 spiro atoms. The molecule has 10 heteroatoms. The second-order valence-corrected chi connectivity index (χ2v) is 9.52. The molecule has 4 rings (SSSR count). The van der Waals surface area contributed by atoms with E-state index in [9.17, 15) is 14.7 Å². The predicted octanol–water partition coefficient (Wildman–Crippen LogP) is 3.51. The van der Waals surface area contributed by atoms with Crippen molar-refractivity contribution in [2.75, 3.05) is 11.9 Å². The molecule has 0 saturated heterocycles. The lowest BCUT2D eigenvalue weighted by molar-refractivity contribution is -0.126. The van der Waals surface area contributed by atoms with E-state index >= 15 is 0 Å². The number of pyridine rings is 1. The fourth-order valence-corrected chi connectivity index (χ4v) is 4.29. The summed E-state index contributed by atoms with van der Waals surface area (Å²) in [5.74, 6) is -0.180. The molecule has 0 unspecified atom stereocenters. The molecule has 2 amide bonds. The van der Waals surface area contributed by atoms with Gasteiger partial charge in [-0.2, -0.15) is 0 Å². The van der Waals surface area contributed by atoms with Crippen LogP contribution in [0.5, 0.6) is 0 Å². The summed E-state index contributed by atoms with van der Waals surface area (Å²) in [6.45, 7) is 7.47. The Kier molecular flexibility index (Phi) is 7.51. The van der Waals surface area contributed by atoms with Gasteiger partial charge in [0.25, 0.3) is 5.91 Å². The number of nitrogens with one attached hydrogen (secondary N) is 2. The summed E-state index contributed by atoms with van der Waals surface area (Å²) in [6.07, 6.45) is 1.53. The largest absolute Gasteiger partial charge is 0.394 e. The van der Waals surface area contributed by atoms with Crippen molar-refractivity contribution in [2.24, 2.45) is 0 Å². The molecule has 9 nitrogen and oxygen atoms in total. The zero-order valence-electron chi connectivity index (χ0n) is 20.6. The highest BCUT2D eigenvalue weighted by Gasteiger charge is 2.35. The van der Waals surface area contributed by atoms with Crippen LogP contribution >= 0.6 is 11.6 Å². The number of benzene rings is 1. The summed E-state index contributed by atoms with van der Waals surface area (Å²) in [4.78, 5) is 41.0. The number of nitrogens with zero attached hydrogens (tertiary/aromatic N) is 4. The predicted molar refractivity (Wildman–Crippen MR) is 138 cm³/mol. The molecule has 0 bridgehead atoms. The van der Waals surface area contributed by atoms with Crippen LogP contribution in [0.4, 0.5) is 5.95 Å². The van der Waals surface area contributed by atoms with E-state index in [4.69, 9.17) is 11.6 Å². The molecule has 1 aliphatic rings. The summed E-state index contributed by atoms with van der Waals surface area (Å²) in [5.41, 5.74) is 3.86. The van der Waals surface area contributed by atoms with Crippen molar-refractivity contribution in [3.05, 3.63) is 70.1 Å². The topological polar surface area (TPSA) is 120 Å². The molecule has 36 heavy (non-hydrogen) atoms. The van der Waals surface area contributed by atoms with E-state index in [1.54, 1.807) is 19.1 Å². The first kappa shape index (κ1) is 25.5. The number of anilines is 1. The third kappa shape index (κ3) is 5.32. The van der Waals surface area contributed by atoms with Crippen LogP contribution in [0.3, 0.4) is 0 Å². The number of fused-ring (bicyclic) bond motifs is 1. The smallest absolute Gasteiger partial charge is 0.255 e. The van der Waals surface area contributed by atoms with E-state index in [2.05, 4.69) is 25.6 Å². The maximum absolute atomic E-state index is 13.3. The van der Waals surface area contributed by atoms with Gasteiger partial charge in [-0.3, -0.25) is 14.6 Å². The Labute approximate surface area is 214 Å². The highest BCUT2D eigenvalue weighted by atomic mass is 35.5. The number of amides is 2. The van der Waals surface area contributed by atoms with E-state index < -0.39 is 12.1 Å². The van der Waals surface area contributed by atoms with E-state index in [0.717, 1.165) is 11.3 Å². The van der Waals surface area contributed by atoms with E-state index in [0.29, 0.717) is 40.0 Å². The van der Waals surface area contributed by atoms with Crippen molar-refractivity contribution in [1.29, 1.82) is 0 Å². The van der Waals surface area contributed by atoms with Crippen LogP contribution in [0, 0.1) is 6.92 Å². The first-order valence-corrected chi connectivity index (χ1v) is 12.1. The zero-order valence-corrected chi connectivity index (χ0v) is 21.4. The minimum Gasteiger partial charge on any atom is -0.394 e. The molecule has 2 atom stereocenters. The number of aromatic nitrogens is 3. The number of hydrogen-bond acceptors (Lipinski definition) is 7. The van der Waals surface area contributed by atoms with Gasteiger partial charge in [0.2, 0.25) is 11.9 Å². The Hall–Kier alpha value is -3.56. The van der Waals surface area contributed by atoms with Gasteiger partial charge < -0.3 is 20.6 Å². The summed E-state index contributed by atoms with van der Waals surface area (Å²) in [7, 11) is 0. The normalized spacial score (nSPS) is 14.5. The molecule has 3 aromatic rings. The molecule has 2 aromatic heterocycles. The minimum absolute atomic E-state index is 0.147. The first-order valence-electron chi connectivity index (χ1n) is 11.8. The molecule has 0 saturated carbocycles. The lowest BCUT2D eigenvalue weighted by Crippen LogP contribution is -2.46. The summed E-state index contributed by atoms with van der Waals surface area (Å²) >= 11 is 6.37. The number of halogens is 1. The average molecular weight is 509 g/mol. The van der Waals surface area contributed by atoms with Gasteiger partial charge in [0, 0.05) is 29.4 Å². The Balaban J connectivity index is 1.52. The van der Waals surface area contributed by atoms with Crippen molar-refractivity contribution < 1.29 is 14.7 Å². The van der Waals surface area contributed by atoms with E-state index in [1.807, 2.05) is 45.0 Å². The molecule has 3 N–H and O–H groups in total. The van der Waals surface area contributed by atoms with Crippen molar-refractivity contribution in [2.45, 2.75) is 52.4 Å². The number of carbonyl (C=O) groups excluding carboxylic acids is 2. The standard InChI is InChI=1S/C26H29ClN6O3/c1-14(2)29-26-28-11-20(27)23(32-26)17-8-9-18-12-33(25(36)19(18)10-17)16(4)24(35)31-22(13-34)21-7-5-6-15(3)30-21/h5-11,14,16,22,34H,12-13H2,1-4H3,(H,31,35)(H,28,29,32)/t16-,22-/m1/s1.